The van der Waals surface area contributed by atoms with E-state index in [2.05, 4.69) is 22.9 Å². The molecule has 0 saturated carbocycles. The van der Waals surface area contributed by atoms with Crippen molar-refractivity contribution in [1.29, 1.82) is 0 Å². The number of fused-ring (bicyclic) bond motifs is 1. The first-order chi connectivity index (χ1) is 9.24. The van der Waals surface area contributed by atoms with Gasteiger partial charge < -0.3 is 9.80 Å². The smallest absolute Gasteiger partial charge is 0.167 e. The number of nitrogens with zero attached hydrogens (tertiary/aromatic N) is 2. The second kappa shape index (κ2) is 5.43. The number of hydrogen-bond acceptors (Lipinski definition) is 3. The van der Waals surface area contributed by atoms with E-state index in [9.17, 15) is 4.79 Å². The molecule has 1 unspecified atom stereocenters. The maximum absolute atomic E-state index is 12.5. The van der Waals surface area contributed by atoms with Gasteiger partial charge in [-0.05, 0) is 25.5 Å². The van der Waals surface area contributed by atoms with Crippen LogP contribution in [-0.4, -0.2) is 55.4 Å². The topological polar surface area (TPSA) is 23.6 Å². The van der Waals surface area contributed by atoms with Gasteiger partial charge >= 0.3 is 0 Å². The van der Waals surface area contributed by atoms with Gasteiger partial charge in [0.1, 0.15) is 0 Å². The molecule has 0 radical (unpaired) electrons. The molecule has 1 heterocycles. The molecule has 0 amide bonds. The summed E-state index contributed by atoms with van der Waals surface area (Å²) in [5, 5.41) is 0. The third kappa shape index (κ3) is 2.72. The Labute approximate surface area is 115 Å². The zero-order valence-electron chi connectivity index (χ0n) is 11.6. The average molecular weight is 258 g/mol. The first-order valence-corrected chi connectivity index (χ1v) is 7.27. The van der Waals surface area contributed by atoms with Gasteiger partial charge in [0, 0.05) is 44.2 Å². The predicted octanol–water partition coefficient (Wildman–Crippen LogP) is 1.68. The number of carbonyl (C=O) groups is 1. The molecule has 1 aromatic rings. The predicted molar refractivity (Wildman–Crippen MR) is 76.5 cm³/mol. The summed E-state index contributed by atoms with van der Waals surface area (Å²) in [6.07, 6.45) is 2.07. The standard InChI is InChI=1S/C16H22N2O/c1-17-8-10-18(11-9-17)12-14-7-6-13-4-2-3-5-15(13)16(14)19/h2-5,14H,6-12H2,1H3. The van der Waals surface area contributed by atoms with Crippen LogP contribution in [0.25, 0.3) is 0 Å². The van der Waals surface area contributed by atoms with Gasteiger partial charge in [-0.2, -0.15) is 0 Å². The highest BCUT2D eigenvalue weighted by molar-refractivity contribution is 6.00. The molecule has 102 valence electrons. The monoisotopic (exact) mass is 258 g/mol. The van der Waals surface area contributed by atoms with Crippen molar-refractivity contribution in [2.45, 2.75) is 12.8 Å². The molecule has 3 heteroatoms. The fraction of sp³-hybridized carbons (Fsp3) is 0.562. The van der Waals surface area contributed by atoms with E-state index < -0.39 is 0 Å². The number of benzene rings is 1. The summed E-state index contributed by atoms with van der Waals surface area (Å²) in [6, 6.07) is 8.11. The number of piperazine rings is 1. The quantitative estimate of drug-likeness (QED) is 0.806. The summed E-state index contributed by atoms with van der Waals surface area (Å²) in [4.78, 5) is 17.3. The van der Waals surface area contributed by atoms with Crippen LogP contribution < -0.4 is 0 Å². The van der Waals surface area contributed by atoms with Crippen molar-refractivity contribution in [1.82, 2.24) is 9.80 Å². The largest absolute Gasteiger partial charge is 0.304 e. The van der Waals surface area contributed by atoms with Gasteiger partial charge in [-0.1, -0.05) is 24.3 Å². The molecule has 1 atom stereocenters. The van der Waals surface area contributed by atoms with Crippen molar-refractivity contribution >= 4 is 5.78 Å². The fourth-order valence-corrected chi connectivity index (χ4v) is 3.18. The van der Waals surface area contributed by atoms with Crippen LogP contribution in [0.5, 0.6) is 0 Å². The minimum Gasteiger partial charge on any atom is -0.304 e. The molecule has 1 aliphatic carbocycles. The number of hydrogen-bond donors (Lipinski definition) is 0. The Morgan fingerprint density at radius 1 is 1.16 bits per heavy atom. The van der Waals surface area contributed by atoms with E-state index in [0.29, 0.717) is 5.78 Å². The third-order valence-corrected chi connectivity index (χ3v) is 4.49. The molecule has 1 aromatic carbocycles. The van der Waals surface area contributed by atoms with Gasteiger partial charge in [-0.15, -0.1) is 0 Å². The molecule has 0 bridgehead atoms. The lowest BCUT2D eigenvalue weighted by atomic mass is 9.82. The number of Topliss-reactive ketones (excluding diaryl/α,β-unsaturated/α-hetero) is 1. The molecule has 0 spiro atoms. The molecule has 3 nitrogen and oxygen atoms in total. The van der Waals surface area contributed by atoms with Crippen LogP contribution in [0, 0.1) is 5.92 Å². The second-order valence-corrected chi connectivity index (χ2v) is 5.86. The molecule has 1 fully saturated rings. The van der Waals surface area contributed by atoms with E-state index in [-0.39, 0.29) is 5.92 Å². The number of ketones is 1. The first kappa shape index (κ1) is 12.8. The fourth-order valence-electron chi connectivity index (χ4n) is 3.18. The van der Waals surface area contributed by atoms with E-state index in [1.807, 2.05) is 18.2 Å². The van der Waals surface area contributed by atoms with Gasteiger partial charge in [-0.25, -0.2) is 0 Å². The minimum absolute atomic E-state index is 0.207. The number of rotatable bonds is 2. The van der Waals surface area contributed by atoms with E-state index in [4.69, 9.17) is 0 Å². The Kier molecular flexibility index (Phi) is 3.67. The van der Waals surface area contributed by atoms with E-state index in [1.54, 1.807) is 0 Å². The zero-order valence-corrected chi connectivity index (χ0v) is 11.6. The van der Waals surface area contributed by atoms with Crippen molar-refractivity contribution in [3.63, 3.8) is 0 Å². The average Bonchev–Trinajstić information content (AvgIpc) is 2.45. The SMILES string of the molecule is CN1CCN(CC2CCc3ccccc3C2=O)CC1. The van der Waals surface area contributed by atoms with Gasteiger partial charge in [0.25, 0.3) is 0 Å². The molecular formula is C16H22N2O. The van der Waals surface area contributed by atoms with Crippen LogP contribution in [0.1, 0.15) is 22.3 Å². The Hall–Kier alpha value is -1.19. The molecule has 0 aromatic heterocycles. The molecule has 1 aliphatic heterocycles. The van der Waals surface area contributed by atoms with E-state index in [1.165, 1.54) is 5.56 Å². The summed E-state index contributed by atoms with van der Waals surface area (Å²) in [5.41, 5.74) is 2.20. The summed E-state index contributed by atoms with van der Waals surface area (Å²) >= 11 is 0. The molecule has 19 heavy (non-hydrogen) atoms. The Balaban J connectivity index is 1.66. The van der Waals surface area contributed by atoms with Gasteiger partial charge in [-0.3, -0.25) is 4.79 Å². The lowest BCUT2D eigenvalue weighted by molar-refractivity contribution is 0.0812. The molecular weight excluding hydrogens is 236 g/mol. The Morgan fingerprint density at radius 3 is 2.68 bits per heavy atom. The Bertz CT molecular complexity index is 464. The van der Waals surface area contributed by atoms with Crippen molar-refractivity contribution in [3.05, 3.63) is 35.4 Å². The maximum Gasteiger partial charge on any atom is 0.167 e. The number of aryl methyl sites for hydroxylation is 1. The van der Waals surface area contributed by atoms with Crippen LogP contribution in [0.2, 0.25) is 0 Å². The molecule has 2 aliphatic rings. The normalized spacial score (nSPS) is 25.3. The molecule has 1 saturated heterocycles. The van der Waals surface area contributed by atoms with Crippen LogP contribution in [0.15, 0.2) is 24.3 Å². The zero-order chi connectivity index (χ0) is 13.2. The molecule has 3 rings (SSSR count). The van der Waals surface area contributed by atoms with Gasteiger partial charge in [0.05, 0.1) is 0 Å². The van der Waals surface area contributed by atoms with Crippen molar-refractivity contribution in [2.75, 3.05) is 39.8 Å². The van der Waals surface area contributed by atoms with Crippen LogP contribution >= 0.6 is 0 Å². The van der Waals surface area contributed by atoms with Crippen LogP contribution in [-0.2, 0) is 6.42 Å². The molecule has 0 N–H and O–H groups in total. The summed E-state index contributed by atoms with van der Waals surface area (Å²) in [6.45, 7) is 5.39. The maximum atomic E-state index is 12.5. The van der Waals surface area contributed by atoms with Gasteiger partial charge in [0.15, 0.2) is 5.78 Å². The van der Waals surface area contributed by atoms with Crippen molar-refractivity contribution < 1.29 is 4.79 Å². The number of carbonyl (C=O) groups excluding carboxylic acids is 1. The minimum atomic E-state index is 0.207. The summed E-state index contributed by atoms with van der Waals surface area (Å²) < 4.78 is 0. The number of likely N-dealkylation sites (N-methyl/N-ethyl adjacent to an activating group) is 1. The summed E-state index contributed by atoms with van der Waals surface area (Å²) in [7, 11) is 2.17. The second-order valence-electron chi connectivity index (χ2n) is 5.86. The lowest BCUT2D eigenvalue weighted by Crippen LogP contribution is -2.47. The summed E-state index contributed by atoms with van der Waals surface area (Å²) in [5.74, 6) is 0.569. The lowest BCUT2D eigenvalue weighted by Gasteiger charge is -2.35. The highest BCUT2D eigenvalue weighted by Gasteiger charge is 2.29. The van der Waals surface area contributed by atoms with Crippen LogP contribution in [0.4, 0.5) is 0 Å². The van der Waals surface area contributed by atoms with Gasteiger partial charge in [0.2, 0.25) is 0 Å². The van der Waals surface area contributed by atoms with E-state index >= 15 is 0 Å². The highest BCUT2D eigenvalue weighted by atomic mass is 16.1. The van der Waals surface area contributed by atoms with E-state index in [0.717, 1.165) is 51.1 Å². The third-order valence-electron chi connectivity index (χ3n) is 4.49. The van der Waals surface area contributed by atoms with Crippen molar-refractivity contribution in [3.8, 4) is 0 Å². The first-order valence-electron chi connectivity index (χ1n) is 7.27. The Morgan fingerprint density at radius 2 is 1.89 bits per heavy atom. The highest BCUT2D eigenvalue weighted by Crippen LogP contribution is 2.26. The van der Waals surface area contributed by atoms with Crippen LogP contribution in [0.3, 0.4) is 0 Å². The van der Waals surface area contributed by atoms with Crippen molar-refractivity contribution in [2.24, 2.45) is 5.92 Å².